The maximum absolute atomic E-state index is 11.7. The number of benzene rings is 1. The molecule has 1 aromatic rings. The second kappa shape index (κ2) is 7.58. The molecule has 3 amide bonds. The van der Waals surface area contributed by atoms with Gasteiger partial charge in [0.05, 0.1) is 12.5 Å². The van der Waals surface area contributed by atoms with Crippen LogP contribution in [0.2, 0.25) is 0 Å². The number of carbonyl (C=O) groups excluding carboxylic acids is 2. The minimum atomic E-state index is -0.665. The fourth-order valence-corrected chi connectivity index (χ4v) is 2.01. The number of hydrogen-bond acceptors (Lipinski definition) is 2. The van der Waals surface area contributed by atoms with Crippen molar-refractivity contribution in [3.05, 3.63) is 47.0 Å². The zero-order chi connectivity index (χ0) is 14.3. The molecule has 6 heteroatoms. The van der Waals surface area contributed by atoms with Gasteiger partial charge in [-0.3, -0.25) is 4.79 Å². The quantitative estimate of drug-likeness (QED) is 0.697. The van der Waals surface area contributed by atoms with Crippen LogP contribution in [0.4, 0.5) is 4.79 Å². The van der Waals surface area contributed by atoms with Gasteiger partial charge in [0.1, 0.15) is 0 Å². The van der Waals surface area contributed by atoms with Gasteiger partial charge in [0.2, 0.25) is 5.91 Å². The Kier molecular flexibility index (Phi) is 6.08. The van der Waals surface area contributed by atoms with Gasteiger partial charge in [0, 0.05) is 11.0 Å². The van der Waals surface area contributed by atoms with E-state index in [1.54, 1.807) is 6.08 Å². The largest absolute Gasteiger partial charge is 0.353 e. The first-order chi connectivity index (χ1) is 9.02. The summed E-state index contributed by atoms with van der Waals surface area (Å²) in [6.45, 7) is 3.91. The van der Waals surface area contributed by atoms with Crippen LogP contribution in [0.3, 0.4) is 0 Å². The monoisotopic (exact) mass is 325 g/mol. The summed E-state index contributed by atoms with van der Waals surface area (Å²) in [6.07, 6.45) is 1.71. The van der Waals surface area contributed by atoms with Crippen LogP contribution in [0, 0.1) is 0 Å². The van der Waals surface area contributed by atoms with Crippen LogP contribution in [0.5, 0.6) is 0 Å². The predicted octanol–water partition coefficient (Wildman–Crippen LogP) is 1.85. The van der Waals surface area contributed by atoms with Gasteiger partial charge in [0.25, 0.3) is 0 Å². The molecule has 19 heavy (non-hydrogen) atoms. The third-order valence-electron chi connectivity index (χ3n) is 2.40. The average molecular weight is 326 g/mol. The van der Waals surface area contributed by atoms with Crippen molar-refractivity contribution >= 4 is 27.9 Å². The minimum Gasteiger partial charge on any atom is -0.353 e. The number of urea groups is 1. The molecule has 0 heterocycles. The van der Waals surface area contributed by atoms with Crippen LogP contribution in [-0.2, 0) is 4.79 Å². The Morgan fingerprint density at radius 2 is 2.21 bits per heavy atom. The summed E-state index contributed by atoms with van der Waals surface area (Å²) in [7, 11) is 0. The molecule has 102 valence electrons. The predicted molar refractivity (Wildman–Crippen MR) is 77.4 cm³/mol. The molecular formula is C13H16BrN3O2. The first-order valence-electron chi connectivity index (χ1n) is 5.72. The van der Waals surface area contributed by atoms with Crippen molar-refractivity contribution in [1.82, 2.24) is 10.6 Å². The van der Waals surface area contributed by atoms with Gasteiger partial charge in [0.15, 0.2) is 0 Å². The lowest BCUT2D eigenvalue weighted by molar-refractivity contribution is -0.121. The first kappa shape index (κ1) is 15.2. The molecule has 1 rings (SSSR count). The molecule has 5 nitrogen and oxygen atoms in total. The fraction of sp³-hybridized carbons (Fsp3) is 0.231. The van der Waals surface area contributed by atoms with E-state index < -0.39 is 12.1 Å². The highest BCUT2D eigenvalue weighted by atomic mass is 79.9. The molecule has 0 aliphatic rings. The SMILES string of the molecule is C=CCNC(=O)CC(NC(N)=O)c1cccc(Br)c1. The van der Waals surface area contributed by atoms with Crippen molar-refractivity contribution in [2.24, 2.45) is 5.73 Å². The highest BCUT2D eigenvalue weighted by Gasteiger charge is 2.17. The molecule has 0 radical (unpaired) electrons. The van der Waals surface area contributed by atoms with Gasteiger partial charge in [-0.15, -0.1) is 6.58 Å². The molecule has 0 aliphatic heterocycles. The number of nitrogens with two attached hydrogens (primary N) is 1. The molecule has 0 bridgehead atoms. The molecule has 0 aromatic heterocycles. The van der Waals surface area contributed by atoms with Crippen LogP contribution in [-0.4, -0.2) is 18.5 Å². The van der Waals surface area contributed by atoms with Crippen molar-refractivity contribution in [3.8, 4) is 0 Å². The number of carbonyl (C=O) groups is 2. The van der Waals surface area contributed by atoms with Gasteiger partial charge in [-0.05, 0) is 17.7 Å². The van der Waals surface area contributed by atoms with Gasteiger partial charge in [-0.2, -0.15) is 0 Å². The Hall–Kier alpha value is -1.82. The molecular weight excluding hydrogens is 310 g/mol. The summed E-state index contributed by atoms with van der Waals surface area (Å²) >= 11 is 3.35. The number of primary amides is 1. The summed E-state index contributed by atoms with van der Waals surface area (Å²) < 4.78 is 0.868. The van der Waals surface area contributed by atoms with E-state index in [0.717, 1.165) is 10.0 Å². The van der Waals surface area contributed by atoms with Crippen LogP contribution in [0.15, 0.2) is 41.4 Å². The van der Waals surface area contributed by atoms with E-state index in [4.69, 9.17) is 5.73 Å². The van der Waals surface area contributed by atoms with Crippen LogP contribution < -0.4 is 16.4 Å². The summed E-state index contributed by atoms with van der Waals surface area (Å²) in [6, 6.07) is 6.23. The zero-order valence-corrected chi connectivity index (χ0v) is 11.9. The molecule has 1 atom stereocenters. The van der Waals surface area contributed by atoms with Crippen molar-refractivity contribution in [2.75, 3.05) is 6.54 Å². The molecule has 0 saturated heterocycles. The third-order valence-corrected chi connectivity index (χ3v) is 2.89. The maximum atomic E-state index is 11.7. The van der Waals surface area contributed by atoms with Crippen molar-refractivity contribution in [2.45, 2.75) is 12.5 Å². The Morgan fingerprint density at radius 1 is 1.47 bits per heavy atom. The zero-order valence-electron chi connectivity index (χ0n) is 10.4. The standard InChI is InChI=1S/C13H16BrN3O2/c1-2-6-16-12(18)8-11(17-13(15)19)9-4-3-5-10(14)7-9/h2-5,7,11H,1,6,8H2,(H,16,18)(H3,15,17,19). The maximum Gasteiger partial charge on any atom is 0.312 e. The highest BCUT2D eigenvalue weighted by molar-refractivity contribution is 9.10. The van der Waals surface area contributed by atoms with E-state index >= 15 is 0 Å². The number of rotatable bonds is 6. The van der Waals surface area contributed by atoms with E-state index in [0.29, 0.717) is 6.54 Å². The number of halogens is 1. The molecule has 0 fully saturated rings. The second-order valence-electron chi connectivity index (χ2n) is 3.91. The highest BCUT2D eigenvalue weighted by Crippen LogP contribution is 2.20. The fourth-order valence-electron chi connectivity index (χ4n) is 1.59. The minimum absolute atomic E-state index is 0.118. The lowest BCUT2D eigenvalue weighted by Crippen LogP contribution is -2.36. The summed E-state index contributed by atoms with van der Waals surface area (Å²) in [5.74, 6) is -0.182. The van der Waals surface area contributed by atoms with Crippen LogP contribution in [0.1, 0.15) is 18.0 Å². The molecule has 0 spiro atoms. The Bertz CT molecular complexity index is 477. The van der Waals surface area contributed by atoms with E-state index in [-0.39, 0.29) is 12.3 Å². The van der Waals surface area contributed by atoms with Gasteiger partial charge in [-0.25, -0.2) is 4.79 Å². The van der Waals surface area contributed by atoms with Crippen LogP contribution >= 0.6 is 15.9 Å². The topological polar surface area (TPSA) is 84.2 Å². The molecule has 1 aromatic carbocycles. The van der Waals surface area contributed by atoms with E-state index in [1.165, 1.54) is 0 Å². The summed E-state index contributed by atoms with van der Waals surface area (Å²) in [5, 5.41) is 5.22. The second-order valence-corrected chi connectivity index (χ2v) is 4.83. The van der Waals surface area contributed by atoms with E-state index in [9.17, 15) is 9.59 Å². The Balaban J connectivity index is 2.79. The van der Waals surface area contributed by atoms with Crippen molar-refractivity contribution in [1.29, 1.82) is 0 Å². The summed E-state index contributed by atoms with van der Waals surface area (Å²) in [5.41, 5.74) is 5.94. The average Bonchev–Trinajstić information content (AvgIpc) is 2.35. The van der Waals surface area contributed by atoms with Gasteiger partial charge >= 0.3 is 6.03 Å². The smallest absolute Gasteiger partial charge is 0.312 e. The third kappa shape index (κ3) is 5.56. The molecule has 1 unspecified atom stereocenters. The lowest BCUT2D eigenvalue weighted by Gasteiger charge is -2.17. The molecule has 0 saturated carbocycles. The first-order valence-corrected chi connectivity index (χ1v) is 6.51. The molecule has 0 aliphatic carbocycles. The summed E-state index contributed by atoms with van der Waals surface area (Å²) in [4.78, 5) is 22.7. The van der Waals surface area contributed by atoms with Crippen LogP contribution in [0.25, 0.3) is 0 Å². The van der Waals surface area contributed by atoms with Crippen molar-refractivity contribution < 1.29 is 9.59 Å². The lowest BCUT2D eigenvalue weighted by atomic mass is 10.0. The van der Waals surface area contributed by atoms with Gasteiger partial charge < -0.3 is 16.4 Å². The van der Waals surface area contributed by atoms with E-state index in [1.807, 2.05) is 24.3 Å². The number of nitrogens with one attached hydrogen (secondary N) is 2. The number of hydrogen-bond donors (Lipinski definition) is 3. The molecule has 4 N–H and O–H groups in total. The van der Waals surface area contributed by atoms with E-state index in [2.05, 4.69) is 33.1 Å². The Morgan fingerprint density at radius 3 is 2.79 bits per heavy atom. The van der Waals surface area contributed by atoms with Gasteiger partial charge in [-0.1, -0.05) is 34.1 Å². The number of amides is 3. The van der Waals surface area contributed by atoms with Crippen molar-refractivity contribution in [3.63, 3.8) is 0 Å². The normalized spacial score (nSPS) is 11.4. The Labute approximate surface area is 120 Å².